The maximum atomic E-state index is 10.8. The molecule has 0 fully saturated rings. The van der Waals surface area contributed by atoms with Gasteiger partial charge in [0.2, 0.25) is 0 Å². The summed E-state index contributed by atoms with van der Waals surface area (Å²) in [6, 6.07) is 0. The number of halogens is 1. The molecule has 0 aromatic carbocycles. The summed E-state index contributed by atoms with van der Waals surface area (Å²) >= 11 is 0. The Hall–Kier alpha value is -0.370. The van der Waals surface area contributed by atoms with Crippen LogP contribution in [0.2, 0.25) is 0 Å². The molecule has 0 amide bonds. The van der Waals surface area contributed by atoms with Crippen molar-refractivity contribution in [2.45, 2.75) is 13.3 Å². The molecule has 0 aromatic heterocycles. The van der Waals surface area contributed by atoms with E-state index >= 15 is 0 Å². The Morgan fingerprint density at radius 2 is 2.43 bits per heavy atom. The Bertz CT molecular complexity index is 52.0. The third-order valence-electron chi connectivity index (χ3n) is 0.597. The zero-order valence-corrected chi connectivity index (χ0v) is 4.36. The summed E-state index contributed by atoms with van der Waals surface area (Å²) in [6.07, 6.45) is 4.37. The van der Waals surface area contributed by atoms with Crippen LogP contribution < -0.4 is 0 Å². The summed E-state index contributed by atoms with van der Waals surface area (Å²) in [7, 11) is 0. The summed E-state index contributed by atoms with van der Waals surface area (Å²) in [5.74, 6) is 0. The highest BCUT2D eigenvalue weighted by Gasteiger charge is 1.75. The van der Waals surface area contributed by atoms with Gasteiger partial charge < -0.3 is 0 Å². The van der Waals surface area contributed by atoms with Gasteiger partial charge in [0.25, 0.3) is 0 Å². The molecule has 0 heterocycles. The van der Waals surface area contributed by atoms with Crippen molar-refractivity contribution in [3.05, 3.63) is 12.2 Å². The lowest BCUT2D eigenvalue weighted by Crippen LogP contribution is -1.78. The number of rotatable bonds is 3. The van der Waals surface area contributed by atoms with E-state index in [1.165, 1.54) is 0 Å². The monoisotopic (exact) mass is 104 g/mol. The van der Waals surface area contributed by atoms with Gasteiger partial charge in [0, 0.05) is 0 Å². The molecule has 2 heteroatoms. The van der Waals surface area contributed by atoms with E-state index in [1.807, 2.05) is 19.1 Å². The predicted octanol–water partition coefficient (Wildman–Crippen LogP) is 1.85. The lowest BCUT2D eigenvalue weighted by atomic mass is 10.4. The fourth-order valence-corrected chi connectivity index (χ4v) is 0.279. The van der Waals surface area contributed by atoms with Gasteiger partial charge in [-0.05, 0) is 17.9 Å². The molecule has 0 aliphatic carbocycles. The van der Waals surface area contributed by atoms with Gasteiger partial charge in [-0.3, -0.25) is 0 Å². The average Bonchev–Trinajstić information content (AvgIpc) is 1.69. The van der Waals surface area contributed by atoms with E-state index in [1.54, 1.807) is 0 Å². The van der Waals surface area contributed by atoms with Crippen LogP contribution in [-0.4, -0.2) is 6.61 Å². The average molecular weight is 104 g/mol. The van der Waals surface area contributed by atoms with E-state index in [-0.39, 0.29) is 6.61 Å². The Kier molecular flexibility index (Phi) is 5.33. The molecule has 0 saturated heterocycles. The fraction of sp³-hybridized carbons (Fsp3) is 0.600. The van der Waals surface area contributed by atoms with Crippen LogP contribution >= 0.6 is 0 Å². The van der Waals surface area contributed by atoms with Gasteiger partial charge in [-0.2, -0.15) is 4.94 Å². The highest BCUT2D eigenvalue weighted by atomic mass is 19.3. The standard InChI is InChI=1S/C5H9FO/c1-2-3-4-5-7-6/h2-3H,4-5H2,1H3. The lowest BCUT2D eigenvalue weighted by molar-refractivity contribution is -0.129. The molecule has 0 spiro atoms. The number of allylic oxidation sites excluding steroid dienone is 1. The fourth-order valence-electron chi connectivity index (χ4n) is 0.279. The molecule has 0 radical (unpaired) electrons. The molecular formula is C5H9FO. The van der Waals surface area contributed by atoms with Crippen molar-refractivity contribution in [2.75, 3.05) is 6.61 Å². The first-order chi connectivity index (χ1) is 3.41. The van der Waals surface area contributed by atoms with Crippen LogP contribution in [0.3, 0.4) is 0 Å². The molecule has 0 bridgehead atoms. The van der Waals surface area contributed by atoms with Crippen LogP contribution in [0.1, 0.15) is 13.3 Å². The molecule has 0 rings (SSSR count). The molecule has 7 heavy (non-hydrogen) atoms. The minimum atomic E-state index is 0.171. The Morgan fingerprint density at radius 1 is 1.71 bits per heavy atom. The summed E-state index contributed by atoms with van der Waals surface area (Å²) in [5, 5.41) is 0. The van der Waals surface area contributed by atoms with Crippen LogP contribution in [0.15, 0.2) is 12.2 Å². The van der Waals surface area contributed by atoms with Gasteiger partial charge in [0.15, 0.2) is 0 Å². The van der Waals surface area contributed by atoms with Crippen molar-refractivity contribution in [3.63, 3.8) is 0 Å². The van der Waals surface area contributed by atoms with E-state index in [4.69, 9.17) is 0 Å². The van der Waals surface area contributed by atoms with Crippen molar-refractivity contribution in [1.29, 1.82) is 0 Å². The Labute approximate surface area is 42.7 Å². The Balaban J connectivity index is 2.69. The van der Waals surface area contributed by atoms with E-state index in [0.717, 1.165) is 0 Å². The summed E-state index contributed by atoms with van der Waals surface area (Å²) < 4.78 is 10.8. The maximum Gasteiger partial charge on any atom is 0.0910 e. The smallest absolute Gasteiger partial charge is 0.0910 e. The SMILES string of the molecule is CC=CCCOF. The zero-order valence-electron chi connectivity index (χ0n) is 4.36. The second kappa shape index (κ2) is 5.63. The van der Waals surface area contributed by atoms with Crippen molar-refractivity contribution in [3.8, 4) is 0 Å². The number of hydrogen-bond acceptors (Lipinski definition) is 1. The summed E-state index contributed by atoms with van der Waals surface area (Å²) in [5.41, 5.74) is 0. The first-order valence-electron chi connectivity index (χ1n) is 2.26. The van der Waals surface area contributed by atoms with E-state index < -0.39 is 0 Å². The molecule has 42 valence electrons. The molecule has 0 atom stereocenters. The van der Waals surface area contributed by atoms with Gasteiger partial charge >= 0.3 is 0 Å². The molecule has 1 nitrogen and oxygen atoms in total. The predicted molar refractivity (Wildman–Crippen MR) is 26.5 cm³/mol. The van der Waals surface area contributed by atoms with Crippen LogP contribution in [0.5, 0.6) is 0 Å². The minimum absolute atomic E-state index is 0.171. The van der Waals surface area contributed by atoms with Gasteiger partial charge in [-0.15, -0.1) is 0 Å². The van der Waals surface area contributed by atoms with Crippen molar-refractivity contribution in [2.24, 2.45) is 0 Å². The zero-order chi connectivity index (χ0) is 5.54. The minimum Gasteiger partial charge on any atom is -0.194 e. The molecular weight excluding hydrogens is 95.1 g/mol. The quantitative estimate of drug-likeness (QED) is 0.392. The van der Waals surface area contributed by atoms with E-state index in [2.05, 4.69) is 4.94 Å². The largest absolute Gasteiger partial charge is 0.194 e. The molecule has 0 aliphatic heterocycles. The van der Waals surface area contributed by atoms with E-state index in [9.17, 15) is 4.53 Å². The van der Waals surface area contributed by atoms with Crippen LogP contribution in [0, 0.1) is 0 Å². The molecule has 0 aromatic rings. The molecule has 0 N–H and O–H groups in total. The second-order valence-corrected chi connectivity index (χ2v) is 1.17. The van der Waals surface area contributed by atoms with Crippen molar-refractivity contribution in [1.82, 2.24) is 0 Å². The van der Waals surface area contributed by atoms with Gasteiger partial charge in [-0.1, -0.05) is 12.2 Å². The van der Waals surface area contributed by atoms with E-state index in [0.29, 0.717) is 6.42 Å². The number of hydrogen-bond donors (Lipinski definition) is 0. The van der Waals surface area contributed by atoms with Crippen LogP contribution in [0.4, 0.5) is 4.53 Å². The third-order valence-corrected chi connectivity index (χ3v) is 0.597. The summed E-state index contributed by atoms with van der Waals surface area (Å²) in [4.78, 5) is 3.29. The van der Waals surface area contributed by atoms with Crippen molar-refractivity contribution < 1.29 is 9.47 Å². The first kappa shape index (κ1) is 6.63. The summed E-state index contributed by atoms with van der Waals surface area (Å²) in [6.45, 7) is 2.06. The maximum absolute atomic E-state index is 10.8. The molecule has 0 unspecified atom stereocenters. The Morgan fingerprint density at radius 3 is 2.86 bits per heavy atom. The van der Waals surface area contributed by atoms with Gasteiger partial charge in [0.05, 0.1) is 6.61 Å². The topological polar surface area (TPSA) is 9.23 Å². The molecule has 0 saturated carbocycles. The molecule has 0 aliphatic rings. The lowest BCUT2D eigenvalue weighted by Gasteiger charge is -1.82. The normalized spacial score (nSPS) is 10.6. The third kappa shape index (κ3) is 5.63. The first-order valence-corrected chi connectivity index (χ1v) is 2.26. The van der Waals surface area contributed by atoms with Crippen molar-refractivity contribution >= 4 is 0 Å². The van der Waals surface area contributed by atoms with Gasteiger partial charge in [-0.25, -0.2) is 0 Å². The highest BCUT2D eigenvalue weighted by molar-refractivity contribution is 4.75. The highest BCUT2D eigenvalue weighted by Crippen LogP contribution is 1.83. The van der Waals surface area contributed by atoms with Crippen LogP contribution in [0.25, 0.3) is 0 Å². The van der Waals surface area contributed by atoms with Gasteiger partial charge in [0.1, 0.15) is 0 Å². The van der Waals surface area contributed by atoms with Crippen LogP contribution in [-0.2, 0) is 4.94 Å². The second-order valence-electron chi connectivity index (χ2n) is 1.17.